The maximum Gasteiger partial charge on any atom is 0.243 e. The molecular weight excluding hydrogens is 356 g/mol. The topological polar surface area (TPSA) is 75.2 Å². The molecule has 0 saturated heterocycles. The normalized spacial score (nSPS) is 15.2. The number of hydrogen-bond donors (Lipinski definition) is 2. The Labute approximate surface area is 168 Å². The molecule has 2 N–H and O–H groups in total. The Morgan fingerprint density at radius 3 is 2.54 bits per heavy atom. The Morgan fingerprint density at radius 2 is 1.89 bits per heavy atom. The van der Waals surface area contributed by atoms with Crippen LogP contribution in [0.4, 0.5) is 0 Å². The van der Waals surface area contributed by atoms with Crippen molar-refractivity contribution in [2.24, 2.45) is 4.99 Å². The Balaban J connectivity index is 1.76. The smallest absolute Gasteiger partial charge is 0.243 e. The van der Waals surface area contributed by atoms with Gasteiger partial charge in [0.25, 0.3) is 0 Å². The third kappa shape index (κ3) is 8.17. The van der Waals surface area contributed by atoms with Gasteiger partial charge in [-0.15, -0.1) is 0 Å². The number of hydrogen-bond acceptors (Lipinski definition) is 4. The van der Waals surface area contributed by atoms with Crippen LogP contribution in [0.2, 0.25) is 0 Å². The zero-order valence-corrected chi connectivity index (χ0v) is 17.4. The molecule has 1 aliphatic rings. The van der Waals surface area contributed by atoms with E-state index >= 15 is 0 Å². The summed E-state index contributed by atoms with van der Waals surface area (Å²) in [5.41, 5.74) is 1.10. The van der Waals surface area contributed by atoms with Crippen molar-refractivity contribution >= 4 is 11.9 Å². The van der Waals surface area contributed by atoms with Gasteiger partial charge in [-0.05, 0) is 30.5 Å². The van der Waals surface area contributed by atoms with Crippen molar-refractivity contribution in [1.82, 2.24) is 15.5 Å². The highest BCUT2D eigenvalue weighted by molar-refractivity contribution is 5.84. The molecule has 156 valence electrons. The van der Waals surface area contributed by atoms with Gasteiger partial charge in [-0.3, -0.25) is 4.79 Å². The highest BCUT2D eigenvalue weighted by Gasteiger charge is 2.15. The zero-order chi connectivity index (χ0) is 20.2. The molecule has 7 heteroatoms. The lowest BCUT2D eigenvalue weighted by Gasteiger charge is -2.25. The molecular formula is C21H34N4O3. The van der Waals surface area contributed by atoms with Crippen LogP contribution in [0.1, 0.15) is 37.7 Å². The lowest BCUT2D eigenvalue weighted by Crippen LogP contribution is -2.45. The van der Waals surface area contributed by atoms with E-state index in [4.69, 9.17) is 9.47 Å². The number of amides is 1. The van der Waals surface area contributed by atoms with Crippen molar-refractivity contribution in [2.45, 2.75) is 44.8 Å². The molecule has 1 aromatic rings. The Bertz CT molecular complexity index is 611. The van der Waals surface area contributed by atoms with Crippen molar-refractivity contribution in [3.05, 3.63) is 29.8 Å². The van der Waals surface area contributed by atoms with Gasteiger partial charge in [-0.2, -0.15) is 0 Å². The second-order valence-electron chi connectivity index (χ2n) is 7.26. The van der Waals surface area contributed by atoms with E-state index in [0.29, 0.717) is 31.8 Å². The van der Waals surface area contributed by atoms with Gasteiger partial charge < -0.3 is 25.0 Å². The lowest BCUT2D eigenvalue weighted by molar-refractivity contribution is -0.127. The molecule has 0 heterocycles. The summed E-state index contributed by atoms with van der Waals surface area (Å²) in [6.07, 6.45) is 6.09. The molecule has 28 heavy (non-hydrogen) atoms. The van der Waals surface area contributed by atoms with Crippen LogP contribution in [-0.4, -0.2) is 63.7 Å². The number of carbonyl (C=O) groups is 1. The quantitative estimate of drug-likeness (QED) is 0.384. The molecule has 0 spiro atoms. The monoisotopic (exact) mass is 390 g/mol. The van der Waals surface area contributed by atoms with E-state index in [0.717, 1.165) is 24.2 Å². The first kappa shape index (κ1) is 22.0. The van der Waals surface area contributed by atoms with Crippen LogP contribution in [0.3, 0.4) is 0 Å². The zero-order valence-electron chi connectivity index (χ0n) is 17.4. The van der Waals surface area contributed by atoms with Crippen LogP contribution in [0.15, 0.2) is 29.3 Å². The molecule has 1 saturated carbocycles. The number of nitrogens with zero attached hydrogens (tertiary/aromatic N) is 2. The second-order valence-corrected chi connectivity index (χ2v) is 7.26. The van der Waals surface area contributed by atoms with E-state index in [1.807, 2.05) is 24.3 Å². The summed E-state index contributed by atoms with van der Waals surface area (Å²) >= 11 is 0. The molecule has 1 amide bonds. The number of carbonyl (C=O) groups excluding carboxylic acids is 1. The van der Waals surface area contributed by atoms with Crippen molar-refractivity contribution < 1.29 is 14.3 Å². The molecule has 0 radical (unpaired) electrons. The van der Waals surface area contributed by atoms with Gasteiger partial charge in [0, 0.05) is 26.7 Å². The van der Waals surface area contributed by atoms with Crippen LogP contribution >= 0.6 is 0 Å². The molecule has 0 aliphatic heterocycles. The predicted molar refractivity (Wildman–Crippen MR) is 112 cm³/mol. The maximum atomic E-state index is 11.8. The Hall–Kier alpha value is -2.28. The number of aliphatic imine (C=N–C) groups is 1. The van der Waals surface area contributed by atoms with Crippen LogP contribution in [0, 0.1) is 0 Å². The molecule has 0 bridgehead atoms. The molecule has 1 fully saturated rings. The lowest BCUT2D eigenvalue weighted by atomic mass is 9.96. The Kier molecular flexibility index (Phi) is 9.62. The molecule has 1 aliphatic carbocycles. The summed E-state index contributed by atoms with van der Waals surface area (Å²) in [4.78, 5) is 17.9. The second kappa shape index (κ2) is 12.2. The first-order valence-corrected chi connectivity index (χ1v) is 10.0. The van der Waals surface area contributed by atoms with Crippen LogP contribution in [0.5, 0.6) is 5.75 Å². The fourth-order valence-corrected chi connectivity index (χ4v) is 3.03. The van der Waals surface area contributed by atoms with E-state index in [1.165, 1.54) is 19.3 Å². The van der Waals surface area contributed by atoms with Gasteiger partial charge >= 0.3 is 0 Å². The standard InChI is InChI=1S/C21H34N4O3/c1-25(2)20(26)15-23-21(24-18-7-5-4-6-8-18)22-13-14-28-16-17-9-11-19(27-3)12-10-17/h9-12,18H,4-8,13-16H2,1-3H3,(H2,22,23,24). The number of guanidine groups is 1. The molecule has 7 nitrogen and oxygen atoms in total. The number of methoxy groups -OCH3 is 1. The Morgan fingerprint density at radius 1 is 1.18 bits per heavy atom. The number of rotatable bonds is 9. The van der Waals surface area contributed by atoms with Gasteiger partial charge in [0.05, 0.1) is 20.3 Å². The molecule has 1 aromatic carbocycles. The number of ether oxygens (including phenoxy) is 2. The van der Waals surface area contributed by atoms with Crippen LogP contribution in [0.25, 0.3) is 0 Å². The highest BCUT2D eigenvalue weighted by Crippen LogP contribution is 2.17. The van der Waals surface area contributed by atoms with E-state index in [9.17, 15) is 4.79 Å². The van der Waals surface area contributed by atoms with Gasteiger partial charge in [0.2, 0.25) is 5.91 Å². The van der Waals surface area contributed by atoms with Gasteiger partial charge in [-0.25, -0.2) is 4.99 Å². The van der Waals surface area contributed by atoms with Crippen molar-refractivity contribution in [2.75, 3.05) is 40.9 Å². The van der Waals surface area contributed by atoms with Crippen LogP contribution in [-0.2, 0) is 16.1 Å². The van der Waals surface area contributed by atoms with E-state index in [-0.39, 0.29) is 12.5 Å². The summed E-state index contributed by atoms with van der Waals surface area (Å²) in [5, 5.41) is 6.76. The average Bonchev–Trinajstić information content (AvgIpc) is 2.72. The number of likely N-dealkylation sites (N-methyl/N-ethyl adjacent to an activating group) is 1. The summed E-state index contributed by atoms with van der Waals surface area (Å²) in [6.45, 7) is 1.87. The van der Waals surface area contributed by atoms with Gasteiger partial charge in [0.15, 0.2) is 5.96 Å². The molecule has 2 rings (SSSR count). The first-order chi connectivity index (χ1) is 13.6. The summed E-state index contributed by atoms with van der Waals surface area (Å²) in [6, 6.07) is 8.28. The predicted octanol–water partition coefficient (Wildman–Crippen LogP) is 2.17. The van der Waals surface area contributed by atoms with Crippen molar-refractivity contribution in [1.29, 1.82) is 0 Å². The molecule has 0 atom stereocenters. The summed E-state index contributed by atoms with van der Waals surface area (Å²) in [7, 11) is 5.14. The fraction of sp³-hybridized carbons (Fsp3) is 0.619. The summed E-state index contributed by atoms with van der Waals surface area (Å²) < 4.78 is 10.9. The minimum atomic E-state index is -0.0134. The average molecular weight is 391 g/mol. The summed E-state index contributed by atoms with van der Waals surface area (Å²) in [5.74, 6) is 1.52. The maximum absolute atomic E-state index is 11.8. The first-order valence-electron chi connectivity index (χ1n) is 10.0. The third-order valence-electron chi connectivity index (χ3n) is 4.78. The van der Waals surface area contributed by atoms with E-state index < -0.39 is 0 Å². The minimum absolute atomic E-state index is 0.0134. The van der Waals surface area contributed by atoms with Crippen LogP contribution < -0.4 is 15.4 Å². The fourth-order valence-electron chi connectivity index (χ4n) is 3.03. The van der Waals surface area contributed by atoms with Gasteiger partial charge in [-0.1, -0.05) is 31.4 Å². The van der Waals surface area contributed by atoms with E-state index in [2.05, 4.69) is 15.6 Å². The number of nitrogens with one attached hydrogen (secondary N) is 2. The third-order valence-corrected chi connectivity index (χ3v) is 4.78. The van der Waals surface area contributed by atoms with Crippen molar-refractivity contribution in [3.63, 3.8) is 0 Å². The van der Waals surface area contributed by atoms with E-state index in [1.54, 1.807) is 26.1 Å². The SMILES string of the molecule is COc1ccc(COCCNC(=NCC(=O)N(C)C)NC2CCCCC2)cc1. The van der Waals surface area contributed by atoms with Crippen molar-refractivity contribution in [3.8, 4) is 5.75 Å². The largest absolute Gasteiger partial charge is 0.497 e. The minimum Gasteiger partial charge on any atom is -0.497 e. The molecule has 0 aromatic heterocycles. The highest BCUT2D eigenvalue weighted by atomic mass is 16.5. The van der Waals surface area contributed by atoms with Gasteiger partial charge in [0.1, 0.15) is 12.3 Å². The number of benzene rings is 1. The molecule has 0 unspecified atom stereocenters.